The van der Waals surface area contributed by atoms with Crippen LogP contribution in [0.1, 0.15) is 18.2 Å². The van der Waals surface area contributed by atoms with E-state index in [1.54, 1.807) is 11.1 Å². The van der Waals surface area contributed by atoms with Crippen LogP contribution in [0.4, 0.5) is 5.69 Å². The molecular weight excluding hydrogens is 336 g/mol. The standard InChI is InChI=1S/C19H19ClN4O/c1-3-24(15-9-7-14(2)8-10-15)22-18(25)12-11-16-19(20)21-17-6-4-5-13-23(16)17/h4-13H,3H2,1-2H3,(H,22,25)/b12-11-. The number of carbonyl (C=O) groups is 1. The lowest BCUT2D eigenvalue weighted by molar-refractivity contribution is -0.116. The summed E-state index contributed by atoms with van der Waals surface area (Å²) in [6.45, 7) is 4.66. The fraction of sp³-hybridized carbons (Fsp3) is 0.158. The molecule has 0 saturated carbocycles. The first-order valence-electron chi connectivity index (χ1n) is 8.04. The van der Waals surface area contributed by atoms with Gasteiger partial charge in [0.2, 0.25) is 0 Å². The summed E-state index contributed by atoms with van der Waals surface area (Å²) in [5.41, 5.74) is 6.38. The second-order valence-electron chi connectivity index (χ2n) is 5.61. The number of hydrazine groups is 1. The zero-order valence-corrected chi connectivity index (χ0v) is 14.9. The number of nitrogens with one attached hydrogen (secondary N) is 1. The number of halogens is 1. The van der Waals surface area contributed by atoms with Gasteiger partial charge in [-0.3, -0.25) is 19.6 Å². The molecule has 3 aromatic rings. The van der Waals surface area contributed by atoms with Crippen molar-refractivity contribution in [2.45, 2.75) is 13.8 Å². The van der Waals surface area contributed by atoms with Gasteiger partial charge in [-0.2, -0.15) is 0 Å². The van der Waals surface area contributed by atoms with E-state index in [4.69, 9.17) is 11.6 Å². The van der Waals surface area contributed by atoms with Crippen molar-refractivity contribution in [1.29, 1.82) is 0 Å². The monoisotopic (exact) mass is 354 g/mol. The van der Waals surface area contributed by atoms with E-state index in [1.807, 2.05) is 66.9 Å². The molecule has 0 unspecified atom stereocenters. The number of aryl methyl sites for hydroxylation is 1. The number of hydrogen-bond donors (Lipinski definition) is 1. The van der Waals surface area contributed by atoms with E-state index >= 15 is 0 Å². The van der Waals surface area contributed by atoms with E-state index < -0.39 is 0 Å². The summed E-state index contributed by atoms with van der Waals surface area (Å²) >= 11 is 6.17. The molecule has 1 aromatic carbocycles. The van der Waals surface area contributed by atoms with Crippen LogP contribution in [0.15, 0.2) is 54.7 Å². The largest absolute Gasteiger partial charge is 0.299 e. The third kappa shape index (κ3) is 3.83. The molecule has 0 bridgehead atoms. The molecule has 2 aromatic heterocycles. The molecule has 0 spiro atoms. The molecule has 1 N–H and O–H groups in total. The van der Waals surface area contributed by atoms with Gasteiger partial charge >= 0.3 is 0 Å². The number of benzene rings is 1. The minimum atomic E-state index is -0.232. The molecule has 0 aliphatic rings. The summed E-state index contributed by atoms with van der Waals surface area (Å²) < 4.78 is 1.84. The van der Waals surface area contributed by atoms with E-state index in [9.17, 15) is 4.79 Å². The lowest BCUT2D eigenvalue weighted by Gasteiger charge is -2.23. The van der Waals surface area contributed by atoms with Crippen molar-refractivity contribution in [3.63, 3.8) is 0 Å². The molecule has 3 rings (SSSR count). The molecule has 0 radical (unpaired) electrons. The zero-order valence-electron chi connectivity index (χ0n) is 14.1. The normalized spacial score (nSPS) is 11.2. The van der Waals surface area contributed by atoms with Crippen molar-refractivity contribution in [1.82, 2.24) is 14.8 Å². The van der Waals surface area contributed by atoms with Crippen LogP contribution in [0.2, 0.25) is 5.15 Å². The highest BCUT2D eigenvalue weighted by Gasteiger charge is 2.09. The number of carbonyl (C=O) groups excluding carboxylic acids is 1. The van der Waals surface area contributed by atoms with E-state index in [-0.39, 0.29) is 5.91 Å². The minimum absolute atomic E-state index is 0.232. The molecule has 0 aliphatic carbocycles. The quantitative estimate of drug-likeness (QED) is 0.559. The number of pyridine rings is 1. The van der Waals surface area contributed by atoms with Crippen LogP contribution in [0.25, 0.3) is 11.7 Å². The number of fused-ring (bicyclic) bond motifs is 1. The molecule has 128 valence electrons. The Labute approximate surface area is 151 Å². The van der Waals surface area contributed by atoms with Crippen LogP contribution in [0.5, 0.6) is 0 Å². The Morgan fingerprint density at radius 1 is 1.28 bits per heavy atom. The van der Waals surface area contributed by atoms with Crippen molar-refractivity contribution >= 4 is 34.9 Å². The third-order valence-electron chi connectivity index (χ3n) is 3.82. The highest BCUT2D eigenvalue weighted by atomic mass is 35.5. The molecule has 25 heavy (non-hydrogen) atoms. The van der Waals surface area contributed by atoms with Gasteiger partial charge in [-0.05, 0) is 44.2 Å². The highest BCUT2D eigenvalue weighted by molar-refractivity contribution is 6.31. The predicted molar refractivity (Wildman–Crippen MR) is 102 cm³/mol. The molecule has 6 heteroatoms. The Hall–Kier alpha value is -2.79. The Morgan fingerprint density at radius 2 is 2.04 bits per heavy atom. The molecule has 5 nitrogen and oxygen atoms in total. The molecule has 1 amide bonds. The van der Waals surface area contributed by atoms with Crippen molar-refractivity contribution in [2.24, 2.45) is 0 Å². The van der Waals surface area contributed by atoms with Crippen LogP contribution >= 0.6 is 11.6 Å². The van der Waals surface area contributed by atoms with Crippen molar-refractivity contribution in [2.75, 3.05) is 11.6 Å². The van der Waals surface area contributed by atoms with Crippen LogP contribution < -0.4 is 10.4 Å². The van der Waals surface area contributed by atoms with Gasteiger partial charge in [-0.15, -0.1) is 0 Å². The number of imidazole rings is 1. The number of amides is 1. The van der Waals surface area contributed by atoms with E-state index in [2.05, 4.69) is 10.4 Å². The van der Waals surface area contributed by atoms with Gasteiger partial charge in [0.25, 0.3) is 5.91 Å². The van der Waals surface area contributed by atoms with Crippen LogP contribution in [0.3, 0.4) is 0 Å². The first-order valence-corrected chi connectivity index (χ1v) is 8.41. The summed E-state index contributed by atoms with van der Waals surface area (Å²) in [4.78, 5) is 16.5. The Kier molecular flexibility index (Phi) is 5.05. The van der Waals surface area contributed by atoms with Gasteiger partial charge in [-0.1, -0.05) is 35.4 Å². The van der Waals surface area contributed by atoms with E-state index in [0.29, 0.717) is 17.4 Å². The summed E-state index contributed by atoms with van der Waals surface area (Å²) in [6.07, 6.45) is 4.98. The number of anilines is 1. The van der Waals surface area contributed by atoms with Crippen molar-refractivity contribution in [3.8, 4) is 0 Å². The van der Waals surface area contributed by atoms with Crippen molar-refractivity contribution < 1.29 is 4.79 Å². The minimum Gasteiger partial charge on any atom is -0.299 e. The molecular formula is C19H19ClN4O. The molecule has 0 atom stereocenters. The highest BCUT2D eigenvalue weighted by Crippen LogP contribution is 2.19. The average Bonchev–Trinajstić information content (AvgIpc) is 2.94. The Balaban J connectivity index is 1.75. The smallest absolute Gasteiger partial charge is 0.262 e. The second-order valence-corrected chi connectivity index (χ2v) is 5.96. The van der Waals surface area contributed by atoms with Crippen molar-refractivity contribution in [3.05, 3.63) is 71.1 Å². The van der Waals surface area contributed by atoms with Gasteiger partial charge in [0.15, 0.2) is 5.15 Å². The Morgan fingerprint density at radius 3 is 2.76 bits per heavy atom. The fourth-order valence-electron chi connectivity index (χ4n) is 2.51. The van der Waals surface area contributed by atoms with Gasteiger partial charge in [0, 0.05) is 18.8 Å². The summed E-state index contributed by atoms with van der Waals surface area (Å²) in [5, 5.41) is 2.16. The molecule has 0 aliphatic heterocycles. The molecule has 0 saturated heterocycles. The van der Waals surface area contributed by atoms with Gasteiger partial charge in [0.05, 0.1) is 11.4 Å². The number of nitrogens with zero attached hydrogens (tertiary/aromatic N) is 3. The number of rotatable bonds is 5. The lowest BCUT2D eigenvalue weighted by Crippen LogP contribution is -2.41. The fourth-order valence-corrected chi connectivity index (χ4v) is 2.75. The summed E-state index contributed by atoms with van der Waals surface area (Å²) in [6, 6.07) is 13.6. The second kappa shape index (κ2) is 7.40. The van der Waals surface area contributed by atoms with Crippen LogP contribution in [-0.4, -0.2) is 21.8 Å². The third-order valence-corrected chi connectivity index (χ3v) is 4.10. The SMILES string of the molecule is CCN(NC(=O)/C=C\c1c(Cl)nc2ccccn12)c1ccc(C)cc1. The summed E-state index contributed by atoms with van der Waals surface area (Å²) in [5.74, 6) is -0.232. The summed E-state index contributed by atoms with van der Waals surface area (Å²) in [7, 11) is 0. The van der Waals surface area contributed by atoms with Crippen LogP contribution in [0, 0.1) is 6.92 Å². The first kappa shape index (κ1) is 17.0. The van der Waals surface area contributed by atoms with Crippen LogP contribution in [-0.2, 0) is 4.79 Å². The van der Waals surface area contributed by atoms with Gasteiger partial charge in [0.1, 0.15) is 5.65 Å². The number of aromatic nitrogens is 2. The number of hydrogen-bond acceptors (Lipinski definition) is 3. The molecule has 2 heterocycles. The zero-order chi connectivity index (χ0) is 17.8. The van der Waals surface area contributed by atoms with Gasteiger partial charge in [-0.25, -0.2) is 4.98 Å². The predicted octanol–water partition coefficient (Wildman–Crippen LogP) is 3.87. The maximum Gasteiger partial charge on any atom is 0.262 e. The van der Waals surface area contributed by atoms with E-state index in [1.165, 1.54) is 11.6 Å². The lowest BCUT2D eigenvalue weighted by atomic mass is 10.2. The maximum absolute atomic E-state index is 12.3. The maximum atomic E-state index is 12.3. The Bertz CT molecular complexity index is 915. The average molecular weight is 355 g/mol. The molecule has 0 fully saturated rings. The topological polar surface area (TPSA) is 49.6 Å². The van der Waals surface area contributed by atoms with Gasteiger partial charge < -0.3 is 0 Å². The van der Waals surface area contributed by atoms with E-state index in [0.717, 1.165) is 11.3 Å². The first-order chi connectivity index (χ1) is 12.1.